The predicted molar refractivity (Wildman–Crippen MR) is 103 cm³/mol. The van der Waals surface area contributed by atoms with Gasteiger partial charge in [-0.15, -0.1) is 34.0 Å². The van der Waals surface area contributed by atoms with Crippen molar-refractivity contribution in [1.82, 2.24) is 0 Å². The zero-order valence-electron chi connectivity index (χ0n) is 12.0. The first kappa shape index (κ1) is 21.2. The van der Waals surface area contributed by atoms with Gasteiger partial charge in [-0.2, -0.15) is 0 Å². The van der Waals surface area contributed by atoms with Crippen LogP contribution in [0.4, 0.5) is 0 Å². The number of allylic oxidation sites excluding steroid dienone is 2. The van der Waals surface area contributed by atoms with Crippen LogP contribution in [0.5, 0.6) is 0 Å². The van der Waals surface area contributed by atoms with Crippen molar-refractivity contribution >= 4 is 45.1 Å². The summed E-state index contributed by atoms with van der Waals surface area (Å²) < 4.78 is 0. The van der Waals surface area contributed by atoms with Crippen LogP contribution in [0, 0.1) is 0 Å². The highest BCUT2D eigenvalue weighted by atomic mass is 79.9. The maximum atomic E-state index is 3.83. The lowest BCUT2D eigenvalue weighted by Gasteiger charge is -1.94. The van der Waals surface area contributed by atoms with E-state index >= 15 is 0 Å². The van der Waals surface area contributed by atoms with Gasteiger partial charge < -0.3 is 0 Å². The van der Waals surface area contributed by atoms with Gasteiger partial charge in [0.25, 0.3) is 0 Å². The molecular weight excluding hydrogens is 376 g/mol. The minimum Gasteiger partial charge on any atom is -0.114 e. The van der Waals surface area contributed by atoms with Crippen molar-refractivity contribution in [3.63, 3.8) is 0 Å². The molecule has 0 aromatic heterocycles. The van der Waals surface area contributed by atoms with Crippen molar-refractivity contribution in [2.24, 2.45) is 0 Å². The van der Waals surface area contributed by atoms with E-state index in [2.05, 4.69) is 37.4 Å². The van der Waals surface area contributed by atoms with Crippen LogP contribution < -0.4 is 0 Å². The topological polar surface area (TPSA) is 0 Å². The molecule has 0 heterocycles. The van der Waals surface area contributed by atoms with E-state index in [1.807, 2.05) is 50.2 Å². The third kappa shape index (κ3) is 8.13. The maximum Gasteiger partial charge on any atom is -0.0233 e. The lowest BCUT2D eigenvalue weighted by atomic mass is 10.1. The molecule has 0 radical (unpaired) electrons. The first-order chi connectivity index (χ1) is 8.61. The van der Waals surface area contributed by atoms with Crippen LogP contribution in [0.2, 0.25) is 0 Å². The summed E-state index contributed by atoms with van der Waals surface area (Å²) in [5.41, 5.74) is 4.68. The fraction of sp³-hybridized carbons (Fsp3) is 0.111. The standard InChI is InChI=1S/2C9H10.2BrH/c2*1-8(2)9-6-4-3-5-7-9;;/h2*3-7H,1H2,2H3;2*1H. The van der Waals surface area contributed by atoms with Crippen LogP contribution in [0.25, 0.3) is 11.1 Å². The molecule has 0 amide bonds. The number of hydrogen-bond acceptors (Lipinski definition) is 0. The van der Waals surface area contributed by atoms with Crippen LogP contribution in [-0.4, -0.2) is 0 Å². The third-order valence-corrected chi connectivity index (χ3v) is 2.53. The first-order valence-electron chi connectivity index (χ1n) is 6.03. The quantitative estimate of drug-likeness (QED) is 0.535. The molecule has 2 aromatic rings. The smallest absolute Gasteiger partial charge is 0.0233 e. The Kier molecular flexibility index (Phi) is 12.4. The summed E-state index contributed by atoms with van der Waals surface area (Å²) >= 11 is 0. The average molecular weight is 398 g/mol. The lowest BCUT2D eigenvalue weighted by Crippen LogP contribution is -1.72. The van der Waals surface area contributed by atoms with Crippen LogP contribution in [0.1, 0.15) is 25.0 Å². The molecule has 0 spiro atoms. The number of hydrogen-bond donors (Lipinski definition) is 0. The van der Waals surface area contributed by atoms with Crippen molar-refractivity contribution in [1.29, 1.82) is 0 Å². The summed E-state index contributed by atoms with van der Waals surface area (Å²) in [6, 6.07) is 20.3. The number of benzene rings is 2. The summed E-state index contributed by atoms with van der Waals surface area (Å²) in [5, 5.41) is 0. The highest BCUT2D eigenvalue weighted by Crippen LogP contribution is 2.09. The Hall–Kier alpha value is -1.12. The van der Waals surface area contributed by atoms with E-state index in [1.54, 1.807) is 0 Å². The van der Waals surface area contributed by atoms with Gasteiger partial charge in [0.1, 0.15) is 0 Å². The monoisotopic (exact) mass is 396 g/mol. The number of halogens is 2. The summed E-state index contributed by atoms with van der Waals surface area (Å²) in [6.07, 6.45) is 0. The Bertz CT molecular complexity index is 452. The molecule has 20 heavy (non-hydrogen) atoms. The van der Waals surface area contributed by atoms with Gasteiger partial charge in [-0.1, -0.05) is 85.0 Å². The van der Waals surface area contributed by atoms with Gasteiger partial charge in [-0.25, -0.2) is 0 Å². The molecule has 0 nitrogen and oxygen atoms in total. The first-order valence-corrected chi connectivity index (χ1v) is 6.03. The van der Waals surface area contributed by atoms with E-state index in [0.29, 0.717) is 0 Å². The SMILES string of the molecule is Br.Br.C=C(C)c1ccccc1.C=C(C)c1ccccc1. The molecule has 0 unspecified atom stereocenters. The second-order valence-electron chi connectivity index (χ2n) is 4.29. The van der Waals surface area contributed by atoms with E-state index < -0.39 is 0 Å². The van der Waals surface area contributed by atoms with E-state index in [1.165, 1.54) is 11.1 Å². The molecule has 0 bridgehead atoms. The van der Waals surface area contributed by atoms with Gasteiger partial charge in [0.2, 0.25) is 0 Å². The maximum absolute atomic E-state index is 3.83. The van der Waals surface area contributed by atoms with Gasteiger partial charge in [0.05, 0.1) is 0 Å². The molecule has 0 atom stereocenters. The number of rotatable bonds is 2. The predicted octanol–water partition coefficient (Wildman–Crippen LogP) is 6.60. The summed E-state index contributed by atoms with van der Waals surface area (Å²) in [7, 11) is 0. The van der Waals surface area contributed by atoms with Gasteiger partial charge in [-0.05, 0) is 25.0 Å². The Morgan fingerprint density at radius 3 is 1.00 bits per heavy atom. The van der Waals surface area contributed by atoms with E-state index in [9.17, 15) is 0 Å². The van der Waals surface area contributed by atoms with E-state index in [4.69, 9.17) is 0 Å². The Morgan fingerprint density at radius 1 is 0.600 bits per heavy atom. The summed E-state index contributed by atoms with van der Waals surface area (Å²) in [5.74, 6) is 0. The molecule has 0 aliphatic heterocycles. The minimum absolute atomic E-state index is 0. The molecule has 0 aliphatic carbocycles. The highest BCUT2D eigenvalue weighted by Gasteiger charge is 1.86. The zero-order valence-corrected chi connectivity index (χ0v) is 15.4. The van der Waals surface area contributed by atoms with Gasteiger partial charge in [-0.3, -0.25) is 0 Å². The molecule has 0 fully saturated rings. The van der Waals surface area contributed by atoms with Crippen LogP contribution in [0.15, 0.2) is 73.8 Å². The molecule has 0 aliphatic rings. The zero-order chi connectivity index (χ0) is 13.4. The van der Waals surface area contributed by atoms with Crippen molar-refractivity contribution in [3.05, 3.63) is 84.9 Å². The fourth-order valence-electron chi connectivity index (χ4n) is 1.45. The second kappa shape index (κ2) is 11.7. The largest absolute Gasteiger partial charge is 0.114 e. The normalized spacial score (nSPS) is 8.10. The van der Waals surface area contributed by atoms with Crippen LogP contribution in [0.3, 0.4) is 0 Å². The molecule has 2 aromatic carbocycles. The van der Waals surface area contributed by atoms with Crippen LogP contribution in [-0.2, 0) is 0 Å². The molecule has 0 saturated heterocycles. The molecule has 0 saturated carbocycles. The van der Waals surface area contributed by atoms with Crippen molar-refractivity contribution in [2.45, 2.75) is 13.8 Å². The van der Waals surface area contributed by atoms with Crippen molar-refractivity contribution in [3.8, 4) is 0 Å². The lowest BCUT2D eigenvalue weighted by molar-refractivity contribution is 1.58. The molecule has 108 valence electrons. The summed E-state index contributed by atoms with van der Waals surface area (Å²) in [6.45, 7) is 11.7. The Labute approximate surface area is 143 Å². The fourth-order valence-corrected chi connectivity index (χ4v) is 1.45. The highest BCUT2D eigenvalue weighted by molar-refractivity contribution is 8.93. The molecule has 2 heteroatoms. The average Bonchev–Trinajstić information content (AvgIpc) is 2.41. The second-order valence-corrected chi connectivity index (χ2v) is 4.29. The molecular formula is C18H22Br2. The van der Waals surface area contributed by atoms with Gasteiger partial charge >= 0.3 is 0 Å². The minimum atomic E-state index is 0. The van der Waals surface area contributed by atoms with Gasteiger partial charge in [0, 0.05) is 0 Å². The van der Waals surface area contributed by atoms with E-state index in [0.717, 1.165) is 11.1 Å². The molecule has 0 N–H and O–H groups in total. The Balaban J connectivity index is 0. The van der Waals surface area contributed by atoms with Gasteiger partial charge in [0.15, 0.2) is 0 Å². The third-order valence-electron chi connectivity index (χ3n) is 2.53. The van der Waals surface area contributed by atoms with Crippen molar-refractivity contribution in [2.75, 3.05) is 0 Å². The van der Waals surface area contributed by atoms with E-state index in [-0.39, 0.29) is 34.0 Å². The van der Waals surface area contributed by atoms with Crippen LogP contribution >= 0.6 is 34.0 Å². The summed E-state index contributed by atoms with van der Waals surface area (Å²) in [4.78, 5) is 0. The van der Waals surface area contributed by atoms with Crippen molar-refractivity contribution < 1.29 is 0 Å². The Morgan fingerprint density at radius 2 is 0.850 bits per heavy atom. The molecule has 2 rings (SSSR count).